The number of hydrogen-bond acceptors (Lipinski definition) is 4. The lowest BCUT2D eigenvalue weighted by Gasteiger charge is -2.37. The van der Waals surface area contributed by atoms with Crippen molar-refractivity contribution in [1.29, 1.82) is 0 Å². The minimum Gasteiger partial charge on any atom is -0.384 e. The minimum absolute atomic E-state index is 0.00578. The Morgan fingerprint density at radius 2 is 2.17 bits per heavy atom. The van der Waals surface area contributed by atoms with Gasteiger partial charge < -0.3 is 15.4 Å². The number of benzene rings is 1. The Morgan fingerprint density at radius 3 is 2.96 bits per heavy atom. The fraction of sp³-hybridized carbons (Fsp3) is 0.611. The zero-order valence-electron chi connectivity index (χ0n) is 13.8. The van der Waals surface area contributed by atoms with Crippen LogP contribution in [0.5, 0.6) is 0 Å². The maximum atomic E-state index is 12.8. The average molecular weight is 334 g/mol. The molecule has 1 amide bonds. The first-order chi connectivity index (χ1) is 11.2. The smallest absolute Gasteiger partial charge is 0.227 e. The van der Waals surface area contributed by atoms with E-state index in [-0.39, 0.29) is 17.2 Å². The minimum atomic E-state index is -0.00578. The molecule has 1 unspecified atom stereocenters. The van der Waals surface area contributed by atoms with Crippen LogP contribution in [0.2, 0.25) is 0 Å². The fourth-order valence-electron chi connectivity index (χ4n) is 3.65. The average Bonchev–Trinajstić information content (AvgIpc) is 2.60. The van der Waals surface area contributed by atoms with Crippen LogP contribution in [0.3, 0.4) is 0 Å². The molecule has 1 fully saturated rings. The van der Waals surface area contributed by atoms with E-state index in [1.54, 1.807) is 7.11 Å². The highest BCUT2D eigenvalue weighted by atomic mass is 32.2. The van der Waals surface area contributed by atoms with Crippen LogP contribution in [0, 0.1) is 5.41 Å². The Hall–Kier alpha value is -1.04. The van der Waals surface area contributed by atoms with Crippen molar-refractivity contribution < 1.29 is 9.53 Å². The van der Waals surface area contributed by atoms with Crippen molar-refractivity contribution in [2.24, 2.45) is 5.41 Å². The molecule has 0 saturated carbocycles. The van der Waals surface area contributed by atoms with E-state index < -0.39 is 0 Å². The third kappa shape index (κ3) is 3.90. The summed E-state index contributed by atoms with van der Waals surface area (Å²) in [4.78, 5) is 14.0. The van der Waals surface area contributed by atoms with E-state index >= 15 is 0 Å². The second-order valence-electron chi connectivity index (χ2n) is 6.63. The molecule has 2 aliphatic heterocycles. The van der Waals surface area contributed by atoms with Gasteiger partial charge in [-0.15, -0.1) is 11.8 Å². The molecule has 1 saturated heterocycles. The molecule has 0 radical (unpaired) electrons. The van der Waals surface area contributed by atoms with Gasteiger partial charge in [0.15, 0.2) is 0 Å². The Labute approximate surface area is 142 Å². The molecule has 1 atom stereocenters. The van der Waals surface area contributed by atoms with Crippen molar-refractivity contribution >= 4 is 17.7 Å². The van der Waals surface area contributed by atoms with Crippen LogP contribution >= 0.6 is 11.8 Å². The van der Waals surface area contributed by atoms with Gasteiger partial charge in [-0.1, -0.05) is 18.2 Å². The van der Waals surface area contributed by atoms with Crippen molar-refractivity contribution in [2.45, 2.75) is 30.1 Å². The molecular formula is C18H26N2O2S. The topological polar surface area (TPSA) is 50.4 Å². The lowest BCUT2D eigenvalue weighted by molar-refractivity contribution is -0.123. The van der Waals surface area contributed by atoms with Crippen LogP contribution in [0.1, 0.15) is 30.7 Å². The molecule has 0 aromatic heterocycles. The molecule has 2 aliphatic rings. The van der Waals surface area contributed by atoms with E-state index in [0.717, 1.165) is 38.1 Å². The maximum absolute atomic E-state index is 12.8. The van der Waals surface area contributed by atoms with E-state index in [1.807, 2.05) is 17.8 Å². The van der Waals surface area contributed by atoms with E-state index in [2.05, 4.69) is 28.8 Å². The number of hydrogen-bond donors (Lipinski definition) is 2. The quantitative estimate of drug-likeness (QED) is 0.868. The van der Waals surface area contributed by atoms with Crippen LogP contribution in [0.25, 0.3) is 0 Å². The Kier molecular flexibility index (Phi) is 5.62. The molecule has 2 heterocycles. The Balaban J connectivity index is 1.65. The van der Waals surface area contributed by atoms with Crippen LogP contribution in [0.4, 0.5) is 0 Å². The van der Waals surface area contributed by atoms with Gasteiger partial charge >= 0.3 is 0 Å². The third-order valence-electron chi connectivity index (χ3n) is 5.03. The molecule has 2 N–H and O–H groups in total. The number of carbonyl (C=O) groups excluding carboxylic acids is 1. The van der Waals surface area contributed by atoms with Crippen molar-refractivity contribution in [2.75, 3.05) is 39.1 Å². The fourth-order valence-corrected chi connectivity index (χ4v) is 4.77. The first-order valence-corrected chi connectivity index (χ1v) is 9.42. The summed E-state index contributed by atoms with van der Waals surface area (Å²) >= 11 is 1.86. The van der Waals surface area contributed by atoms with Crippen molar-refractivity contribution in [3.63, 3.8) is 0 Å². The van der Waals surface area contributed by atoms with Gasteiger partial charge in [-0.05, 0) is 49.7 Å². The maximum Gasteiger partial charge on any atom is 0.227 e. The first-order valence-electron chi connectivity index (χ1n) is 8.43. The van der Waals surface area contributed by atoms with Gasteiger partial charge in [0.1, 0.15) is 0 Å². The molecule has 0 aliphatic carbocycles. The van der Waals surface area contributed by atoms with E-state index in [4.69, 9.17) is 4.74 Å². The summed E-state index contributed by atoms with van der Waals surface area (Å²) in [6.45, 7) is 3.43. The molecule has 1 aromatic rings. The highest BCUT2D eigenvalue weighted by Gasteiger charge is 2.34. The molecule has 0 bridgehead atoms. The first kappa shape index (κ1) is 16.8. The summed E-state index contributed by atoms with van der Waals surface area (Å²) in [5.74, 6) is 1.18. The third-order valence-corrected chi connectivity index (χ3v) is 6.15. The highest BCUT2D eigenvalue weighted by molar-refractivity contribution is 7.99. The summed E-state index contributed by atoms with van der Waals surface area (Å²) in [5, 5.41) is 6.62. The second-order valence-corrected chi connectivity index (χ2v) is 7.77. The number of amides is 1. The SMILES string of the molecule is COCC1(CNC(=O)C2CCSc3ccccc32)CCNCC1. The van der Waals surface area contributed by atoms with E-state index in [9.17, 15) is 4.79 Å². The number of fused-ring (bicyclic) bond motifs is 1. The van der Waals surface area contributed by atoms with Crippen molar-refractivity contribution in [1.82, 2.24) is 10.6 Å². The Bertz CT molecular complexity index is 538. The highest BCUT2D eigenvalue weighted by Crippen LogP contribution is 2.37. The van der Waals surface area contributed by atoms with Gasteiger partial charge in [-0.3, -0.25) is 4.79 Å². The van der Waals surface area contributed by atoms with Gasteiger partial charge in [0.25, 0.3) is 0 Å². The zero-order chi connectivity index (χ0) is 16.1. The number of thioether (sulfide) groups is 1. The van der Waals surface area contributed by atoms with Gasteiger partial charge in [-0.25, -0.2) is 0 Å². The molecule has 1 aromatic carbocycles. The van der Waals surface area contributed by atoms with Crippen LogP contribution in [-0.2, 0) is 9.53 Å². The lowest BCUT2D eigenvalue weighted by Crippen LogP contribution is -2.48. The molecular weight excluding hydrogens is 308 g/mol. The standard InChI is InChI=1S/C18H26N2O2S/c1-22-13-18(7-9-19-10-8-18)12-20-17(21)15-6-11-23-16-5-3-2-4-14(15)16/h2-5,15,19H,6-13H2,1H3,(H,20,21). The van der Waals surface area contributed by atoms with Crippen molar-refractivity contribution in [3.8, 4) is 0 Å². The normalized spacial score (nSPS) is 23.1. The summed E-state index contributed by atoms with van der Waals surface area (Å²) in [6, 6.07) is 8.30. The number of rotatable bonds is 5. The number of methoxy groups -OCH3 is 1. The van der Waals surface area contributed by atoms with Gasteiger partial charge in [0.05, 0.1) is 12.5 Å². The summed E-state index contributed by atoms with van der Waals surface area (Å²) in [6.07, 6.45) is 3.03. The van der Waals surface area contributed by atoms with Crippen LogP contribution < -0.4 is 10.6 Å². The Morgan fingerprint density at radius 1 is 1.39 bits per heavy atom. The second kappa shape index (κ2) is 7.69. The lowest BCUT2D eigenvalue weighted by atomic mass is 9.79. The molecule has 23 heavy (non-hydrogen) atoms. The van der Waals surface area contributed by atoms with Gasteiger partial charge in [-0.2, -0.15) is 0 Å². The zero-order valence-corrected chi connectivity index (χ0v) is 14.6. The summed E-state index contributed by atoms with van der Waals surface area (Å²) < 4.78 is 5.44. The molecule has 3 rings (SSSR count). The van der Waals surface area contributed by atoms with E-state index in [1.165, 1.54) is 10.5 Å². The van der Waals surface area contributed by atoms with Gasteiger partial charge in [0, 0.05) is 24.0 Å². The summed E-state index contributed by atoms with van der Waals surface area (Å²) in [5.41, 5.74) is 1.27. The summed E-state index contributed by atoms with van der Waals surface area (Å²) in [7, 11) is 1.75. The van der Waals surface area contributed by atoms with E-state index in [0.29, 0.717) is 13.2 Å². The molecule has 5 heteroatoms. The number of ether oxygens (including phenoxy) is 1. The predicted molar refractivity (Wildman–Crippen MR) is 93.9 cm³/mol. The monoisotopic (exact) mass is 334 g/mol. The molecule has 126 valence electrons. The van der Waals surface area contributed by atoms with Crippen LogP contribution in [0.15, 0.2) is 29.2 Å². The largest absolute Gasteiger partial charge is 0.384 e. The molecule has 0 spiro atoms. The number of carbonyl (C=O) groups is 1. The molecule has 4 nitrogen and oxygen atoms in total. The van der Waals surface area contributed by atoms with Gasteiger partial charge in [0.2, 0.25) is 5.91 Å². The van der Waals surface area contributed by atoms with Crippen LogP contribution in [-0.4, -0.2) is 45.0 Å². The number of piperidine rings is 1. The predicted octanol–water partition coefficient (Wildman–Crippen LogP) is 2.40. The number of nitrogens with one attached hydrogen (secondary N) is 2. The van der Waals surface area contributed by atoms with Crippen molar-refractivity contribution in [3.05, 3.63) is 29.8 Å².